The van der Waals surface area contributed by atoms with Crippen LogP contribution in [0, 0.1) is 19.7 Å². The van der Waals surface area contributed by atoms with Crippen molar-refractivity contribution in [1.29, 1.82) is 0 Å². The van der Waals surface area contributed by atoms with Gasteiger partial charge in [0.1, 0.15) is 17.1 Å². The minimum Gasteiger partial charge on any atom is -0.426 e. The van der Waals surface area contributed by atoms with Crippen molar-refractivity contribution in [3.8, 4) is 5.75 Å². The summed E-state index contributed by atoms with van der Waals surface area (Å²) in [5.41, 5.74) is 2.89. The second-order valence-corrected chi connectivity index (χ2v) is 7.93. The van der Waals surface area contributed by atoms with E-state index in [1.807, 2.05) is 0 Å². The highest BCUT2D eigenvalue weighted by molar-refractivity contribution is 5.88. The lowest BCUT2D eigenvalue weighted by atomic mass is 10.0. The van der Waals surface area contributed by atoms with Gasteiger partial charge >= 0.3 is 11.6 Å². The predicted molar refractivity (Wildman–Crippen MR) is 122 cm³/mol. The van der Waals surface area contributed by atoms with Gasteiger partial charge < -0.3 is 19.5 Å². The van der Waals surface area contributed by atoms with Crippen LogP contribution in [0.15, 0.2) is 45.7 Å². The lowest BCUT2D eigenvalue weighted by molar-refractivity contribution is -0.132. The zero-order chi connectivity index (χ0) is 23.7. The molecule has 8 heteroatoms. The van der Waals surface area contributed by atoms with Crippen LogP contribution in [0.4, 0.5) is 4.39 Å². The SMILES string of the molecule is CC(=O)Oc1ccc2c(C)c(CC(=O)NCCc3c[nH]c4ccc(F)cc34)c(=O)oc2c1C. The number of esters is 1. The Morgan fingerprint density at radius 3 is 2.67 bits per heavy atom. The smallest absolute Gasteiger partial charge is 0.340 e. The van der Waals surface area contributed by atoms with Gasteiger partial charge in [0.2, 0.25) is 5.91 Å². The summed E-state index contributed by atoms with van der Waals surface area (Å²) in [6.07, 6.45) is 2.18. The van der Waals surface area contributed by atoms with E-state index in [1.165, 1.54) is 19.1 Å². The Kier molecular flexibility index (Phi) is 6.00. The third-order valence-electron chi connectivity index (χ3n) is 5.69. The number of nitrogens with one attached hydrogen (secondary N) is 2. The van der Waals surface area contributed by atoms with Crippen LogP contribution in [0.1, 0.15) is 29.2 Å². The number of aromatic nitrogens is 1. The molecule has 0 spiro atoms. The summed E-state index contributed by atoms with van der Waals surface area (Å²) in [7, 11) is 0. The predicted octanol–water partition coefficient (Wildman–Crippen LogP) is 3.86. The third-order valence-corrected chi connectivity index (χ3v) is 5.69. The number of amides is 1. The zero-order valence-corrected chi connectivity index (χ0v) is 18.5. The molecule has 0 aliphatic rings. The quantitative estimate of drug-likeness (QED) is 0.264. The number of carbonyl (C=O) groups is 2. The molecule has 2 aromatic carbocycles. The summed E-state index contributed by atoms with van der Waals surface area (Å²) in [5.74, 6) is -0.784. The number of aryl methyl sites for hydroxylation is 2. The summed E-state index contributed by atoms with van der Waals surface area (Å²) in [6, 6.07) is 7.86. The Morgan fingerprint density at radius 1 is 1.12 bits per heavy atom. The van der Waals surface area contributed by atoms with E-state index in [-0.39, 0.29) is 23.7 Å². The van der Waals surface area contributed by atoms with Gasteiger partial charge in [-0.15, -0.1) is 0 Å². The lowest BCUT2D eigenvalue weighted by Crippen LogP contribution is -2.29. The second-order valence-electron chi connectivity index (χ2n) is 7.93. The Bertz CT molecular complexity index is 1450. The van der Waals surface area contributed by atoms with Crippen molar-refractivity contribution in [1.82, 2.24) is 10.3 Å². The molecule has 2 aromatic heterocycles. The van der Waals surface area contributed by atoms with Crippen molar-refractivity contribution in [3.05, 3.63) is 75.0 Å². The maximum Gasteiger partial charge on any atom is 0.340 e. The van der Waals surface area contributed by atoms with E-state index in [4.69, 9.17) is 9.15 Å². The maximum absolute atomic E-state index is 13.5. The molecular formula is C25H23FN2O5. The van der Waals surface area contributed by atoms with Gasteiger partial charge in [-0.05, 0) is 61.7 Å². The van der Waals surface area contributed by atoms with Crippen LogP contribution in [0.25, 0.3) is 21.9 Å². The van der Waals surface area contributed by atoms with E-state index in [1.54, 1.807) is 38.2 Å². The molecule has 0 atom stereocenters. The van der Waals surface area contributed by atoms with Crippen LogP contribution in [-0.2, 0) is 22.4 Å². The normalized spacial score (nSPS) is 11.2. The topological polar surface area (TPSA) is 101 Å². The van der Waals surface area contributed by atoms with Crippen LogP contribution in [0.2, 0.25) is 0 Å². The molecule has 0 bridgehead atoms. The highest BCUT2D eigenvalue weighted by Gasteiger charge is 2.18. The monoisotopic (exact) mass is 450 g/mol. The molecule has 33 heavy (non-hydrogen) atoms. The molecule has 0 aliphatic carbocycles. The van der Waals surface area contributed by atoms with Crippen LogP contribution in [0.3, 0.4) is 0 Å². The largest absolute Gasteiger partial charge is 0.426 e. The van der Waals surface area contributed by atoms with Gasteiger partial charge in [-0.3, -0.25) is 9.59 Å². The molecule has 170 valence electrons. The number of hydrogen-bond acceptors (Lipinski definition) is 5. The zero-order valence-electron chi connectivity index (χ0n) is 18.5. The average molecular weight is 450 g/mol. The first-order valence-electron chi connectivity index (χ1n) is 10.5. The minimum absolute atomic E-state index is 0.128. The van der Waals surface area contributed by atoms with Crippen molar-refractivity contribution in [3.63, 3.8) is 0 Å². The van der Waals surface area contributed by atoms with Crippen molar-refractivity contribution in [2.75, 3.05) is 6.54 Å². The Balaban J connectivity index is 1.48. The highest BCUT2D eigenvalue weighted by Crippen LogP contribution is 2.29. The van der Waals surface area contributed by atoms with E-state index >= 15 is 0 Å². The number of halogens is 1. The Hall–Kier alpha value is -3.94. The molecule has 4 aromatic rings. The summed E-state index contributed by atoms with van der Waals surface area (Å²) in [4.78, 5) is 39.5. The van der Waals surface area contributed by atoms with Crippen molar-refractivity contribution >= 4 is 33.7 Å². The molecule has 0 saturated heterocycles. The number of H-pyrrole nitrogens is 1. The van der Waals surface area contributed by atoms with Gasteiger partial charge in [0.15, 0.2) is 0 Å². The van der Waals surface area contributed by atoms with Crippen molar-refractivity contribution in [2.45, 2.75) is 33.6 Å². The van der Waals surface area contributed by atoms with E-state index in [9.17, 15) is 18.8 Å². The number of ether oxygens (including phenoxy) is 1. The van der Waals surface area contributed by atoms with Gasteiger partial charge in [-0.25, -0.2) is 9.18 Å². The van der Waals surface area contributed by atoms with E-state index in [2.05, 4.69) is 10.3 Å². The first kappa shape index (κ1) is 22.3. The number of rotatable bonds is 6. The molecule has 2 N–H and O–H groups in total. The number of aromatic amines is 1. The third kappa shape index (κ3) is 4.50. The van der Waals surface area contributed by atoms with E-state index < -0.39 is 11.6 Å². The van der Waals surface area contributed by atoms with Crippen LogP contribution in [0.5, 0.6) is 5.75 Å². The number of fused-ring (bicyclic) bond motifs is 2. The van der Waals surface area contributed by atoms with Crippen molar-refractivity contribution in [2.24, 2.45) is 0 Å². The van der Waals surface area contributed by atoms with Gasteiger partial charge in [0.05, 0.1) is 12.0 Å². The van der Waals surface area contributed by atoms with Crippen molar-refractivity contribution < 1.29 is 23.1 Å². The summed E-state index contributed by atoms with van der Waals surface area (Å²) in [6.45, 7) is 5.09. The fourth-order valence-electron chi connectivity index (χ4n) is 3.96. The summed E-state index contributed by atoms with van der Waals surface area (Å²) >= 11 is 0. The standard InChI is InChI=1S/C25H23FN2O5/c1-13-18-5-7-22(32-15(3)29)14(2)24(18)33-25(31)19(13)11-23(30)27-9-8-16-12-28-21-6-4-17(26)10-20(16)21/h4-7,10,12,28H,8-9,11H2,1-3H3,(H,27,30). The molecule has 0 saturated carbocycles. The molecule has 4 rings (SSSR count). The van der Waals surface area contributed by atoms with Gasteiger partial charge in [-0.1, -0.05) is 0 Å². The number of benzene rings is 2. The Labute approximate surface area is 188 Å². The molecule has 0 unspecified atom stereocenters. The lowest BCUT2D eigenvalue weighted by Gasteiger charge is -2.12. The molecule has 0 fully saturated rings. The van der Waals surface area contributed by atoms with Gasteiger partial charge in [-0.2, -0.15) is 0 Å². The van der Waals surface area contributed by atoms with Gasteiger partial charge in [0, 0.05) is 41.5 Å². The van der Waals surface area contributed by atoms with Crippen LogP contribution in [-0.4, -0.2) is 23.4 Å². The molecule has 2 heterocycles. The molecule has 1 amide bonds. The minimum atomic E-state index is -0.606. The van der Waals surface area contributed by atoms with Crippen LogP contribution < -0.4 is 15.7 Å². The van der Waals surface area contributed by atoms with Gasteiger partial charge in [0.25, 0.3) is 0 Å². The fraction of sp³-hybridized carbons (Fsp3) is 0.240. The maximum atomic E-state index is 13.5. The molecule has 7 nitrogen and oxygen atoms in total. The van der Waals surface area contributed by atoms with E-state index in [0.717, 1.165) is 16.5 Å². The van der Waals surface area contributed by atoms with Crippen LogP contribution >= 0.6 is 0 Å². The molecule has 0 radical (unpaired) electrons. The first-order chi connectivity index (χ1) is 15.7. The number of hydrogen-bond donors (Lipinski definition) is 2. The highest BCUT2D eigenvalue weighted by atomic mass is 19.1. The second kappa shape index (κ2) is 8.90. The first-order valence-corrected chi connectivity index (χ1v) is 10.5. The summed E-state index contributed by atoms with van der Waals surface area (Å²) in [5, 5.41) is 4.26. The molecule has 0 aliphatic heterocycles. The Morgan fingerprint density at radius 2 is 1.91 bits per heavy atom. The number of carbonyl (C=O) groups excluding carboxylic acids is 2. The summed E-state index contributed by atoms with van der Waals surface area (Å²) < 4.78 is 24.2. The van der Waals surface area contributed by atoms with E-state index in [0.29, 0.717) is 40.8 Å². The average Bonchev–Trinajstić information content (AvgIpc) is 3.15. The molecular weight excluding hydrogens is 427 g/mol. The fourth-order valence-corrected chi connectivity index (χ4v) is 3.96.